The highest BCUT2D eigenvalue weighted by Crippen LogP contribution is 2.27. The molecule has 0 saturated carbocycles. The number of nitrogens with two attached hydrogens (primary N) is 1. The topological polar surface area (TPSA) is 64.4 Å². The van der Waals surface area contributed by atoms with E-state index in [2.05, 4.69) is 37.2 Å². The molecule has 2 atom stereocenters. The predicted molar refractivity (Wildman–Crippen MR) is 77.4 cm³/mol. The minimum Gasteiger partial charge on any atom is -0.364 e. The zero-order chi connectivity index (χ0) is 13.1. The molecule has 6 heteroatoms. The summed E-state index contributed by atoms with van der Waals surface area (Å²) >= 11 is 6.77. The Kier molecular flexibility index (Phi) is 4.77. The SMILES string of the molecule is NCC1CCC(C(=O)Nc2ccc(Br)cc2Br)O1. The van der Waals surface area contributed by atoms with E-state index in [1.54, 1.807) is 0 Å². The molecular weight excluding hydrogens is 364 g/mol. The molecule has 0 radical (unpaired) electrons. The molecule has 0 aromatic heterocycles. The fourth-order valence-corrected chi connectivity index (χ4v) is 3.02. The largest absolute Gasteiger partial charge is 0.364 e. The van der Waals surface area contributed by atoms with Crippen molar-refractivity contribution in [1.29, 1.82) is 0 Å². The van der Waals surface area contributed by atoms with Gasteiger partial charge < -0.3 is 15.8 Å². The van der Waals surface area contributed by atoms with E-state index >= 15 is 0 Å². The summed E-state index contributed by atoms with van der Waals surface area (Å²) in [5, 5.41) is 2.85. The van der Waals surface area contributed by atoms with Crippen molar-refractivity contribution in [3.63, 3.8) is 0 Å². The molecule has 0 spiro atoms. The van der Waals surface area contributed by atoms with Crippen LogP contribution in [-0.4, -0.2) is 24.7 Å². The van der Waals surface area contributed by atoms with E-state index in [-0.39, 0.29) is 12.0 Å². The second-order valence-electron chi connectivity index (χ2n) is 4.17. The Bertz CT molecular complexity index is 454. The monoisotopic (exact) mass is 376 g/mol. The van der Waals surface area contributed by atoms with Crippen LogP contribution in [-0.2, 0) is 9.53 Å². The summed E-state index contributed by atoms with van der Waals surface area (Å²) in [6.45, 7) is 0.464. The third-order valence-corrected chi connectivity index (χ3v) is 4.00. The van der Waals surface area contributed by atoms with E-state index < -0.39 is 6.10 Å². The summed E-state index contributed by atoms with van der Waals surface area (Å²) in [5.74, 6) is -0.117. The number of amides is 1. The Morgan fingerprint density at radius 2 is 2.22 bits per heavy atom. The van der Waals surface area contributed by atoms with Crippen LogP contribution < -0.4 is 11.1 Å². The molecule has 1 aromatic rings. The van der Waals surface area contributed by atoms with Crippen molar-refractivity contribution in [3.8, 4) is 0 Å². The number of ether oxygens (including phenoxy) is 1. The van der Waals surface area contributed by atoms with Crippen molar-refractivity contribution < 1.29 is 9.53 Å². The van der Waals surface area contributed by atoms with Crippen molar-refractivity contribution >= 4 is 43.5 Å². The summed E-state index contributed by atoms with van der Waals surface area (Å²) < 4.78 is 7.33. The Balaban J connectivity index is 1.99. The van der Waals surface area contributed by atoms with Crippen molar-refractivity contribution in [2.24, 2.45) is 5.73 Å². The first-order valence-electron chi connectivity index (χ1n) is 5.71. The van der Waals surface area contributed by atoms with E-state index in [9.17, 15) is 4.79 Å². The quantitative estimate of drug-likeness (QED) is 0.850. The van der Waals surface area contributed by atoms with Gasteiger partial charge in [0.05, 0.1) is 11.8 Å². The van der Waals surface area contributed by atoms with Crippen LogP contribution in [0.25, 0.3) is 0 Å². The molecule has 1 aliphatic rings. The molecule has 98 valence electrons. The molecule has 1 aliphatic heterocycles. The van der Waals surface area contributed by atoms with E-state index in [0.717, 1.165) is 27.5 Å². The van der Waals surface area contributed by atoms with Crippen LogP contribution in [0.4, 0.5) is 5.69 Å². The fourth-order valence-electron chi connectivity index (χ4n) is 1.88. The number of hydrogen-bond acceptors (Lipinski definition) is 3. The average Bonchev–Trinajstić information content (AvgIpc) is 2.81. The summed E-state index contributed by atoms with van der Waals surface area (Å²) in [5.41, 5.74) is 6.26. The number of benzene rings is 1. The fraction of sp³-hybridized carbons (Fsp3) is 0.417. The van der Waals surface area contributed by atoms with Crippen LogP contribution in [0.2, 0.25) is 0 Å². The molecule has 1 heterocycles. The molecule has 3 N–H and O–H groups in total. The minimum absolute atomic E-state index is 0.00843. The molecule has 4 nitrogen and oxygen atoms in total. The van der Waals surface area contributed by atoms with Gasteiger partial charge in [-0.25, -0.2) is 0 Å². The Morgan fingerprint density at radius 1 is 1.44 bits per heavy atom. The summed E-state index contributed by atoms with van der Waals surface area (Å²) in [4.78, 5) is 12.0. The highest BCUT2D eigenvalue weighted by molar-refractivity contribution is 9.11. The second-order valence-corrected chi connectivity index (χ2v) is 5.94. The van der Waals surface area contributed by atoms with E-state index in [0.29, 0.717) is 6.54 Å². The summed E-state index contributed by atoms with van der Waals surface area (Å²) in [7, 11) is 0. The third-order valence-electron chi connectivity index (χ3n) is 2.85. The minimum atomic E-state index is -0.394. The number of hydrogen-bond donors (Lipinski definition) is 2. The lowest BCUT2D eigenvalue weighted by molar-refractivity contribution is -0.126. The third kappa shape index (κ3) is 3.32. The maximum Gasteiger partial charge on any atom is 0.253 e. The van der Waals surface area contributed by atoms with Crippen molar-refractivity contribution in [3.05, 3.63) is 27.1 Å². The lowest BCUT2D eigenvalue weighted by atomic mass is 10.2. The predicted octanol–water partition coefficient (Wildman–Crippen LogP) is 2.66. The number of carbonyl (C=O) groups is 1. The maximum atomic E-state index is 12.0. The summed E-state index contributed by atoms with van der Waals surface area (Å²) in [6.07, 6.45) is 1.18. The van der Waals surface area contributed by atoms with E-state index in [1.807, 2.05) is 18.2 Å². The normalized spacial score (nSPS) is 23.1. The Morgan fingerprint density at radius 3 is 2.83 bits per heavy atom. The highest BCUT2D eigenvalue weighted by Gasteiger charge is 2.30. The van der Waals surface area contributed by atoms with Gasteiger partial charge in [-0.3, -0.25) is 4.79 Å². The molecule has 1 aromatic carbocycles. The average molecular weight is 378 g/mol. The van der Waals surface area contributed by atoms with Crippen molar-refractivity contribution in [2.75, 3.05) is 11.9 Å². The molecule has 0 bridgehead atoms. The van der Waals surface area contributed by atoms with Gasteiger partial charge in [-0.15, -0.1) is 0 Å². The zero-order valence-corrected chi connectivity index (χ0v) is 12.8. The number of halogens is 2. The first-order chi connectivity index (χ1) is 8.60. The van der Waals surface area contributed by atoms with Crippen molar-refractivity contribution in [1.82, 2.24) is 0 Å². The Hall–Kier alpha value is -0.430. The highest BCUT2D eigenvalue weighted by atomic mass is 79.9. The van der Waals surface area contributed by atoms with Gasteiger partial charge in [0.2, 0.25) is 0 Å². The van der Waals surface area contributed by atoms with Gasteiger partial charge in [-0.05, 0) is 47.0 Å². The van der Waals surface area contributed by atoms with Crippen molar-refractivity contribution in [2.45, 2.75) is 25.0 Å². The van der Waals surface area contributed by atoms with Gasteiger partial charge in [0.15, 0.2) is 0 Å². The van der Waals surface area contributed by atoms with Crippen LogP contribution in [0.1, 0.15) is 12.8 Å². The molecule has 0 aliphatic carbocycles. The van der Waals surface area contributed by atoms with Gasteiger partial charge in [-0.2, -0.15) is 0 Å². The smallest absolute Gasteiger partial charge is 0.253 e. The lowest BCUT2D eigenvalue weighted by Crippen LogP contribution is -2.29. The molecule has 2 unspecified atom stereocenters. The maximum absolute atomic E-state index is 12.0. The van der Waals surface area contributed by atoms with Gasteiger partial charge in [0.1, 0.15) is 6.10 Å². The first-order valence-corrected chi connectivity index (χ1v) is 7.30. The molecular formula is C12H14Br2N2O2. The number of anilines is 1. The first kappa shape index (κ1) is 14.0. The molecule has 1 saturated heterocycles. The Labute approximate surface area is 123 Å². The summed E-state index contributed by atoms with van der Waals surface area (Å²) in [6, 6.07) is 5.59. The van der Waals surface area contributed by atoms with Crippen LogP contribution >= 0.6 is 31.9 Å². The van der Waals surface area contributed by atoms with Gasteiger partial charge >= 0.3 is 0 Å². The standard InChI is InChI=1S/C12H14Br2N2O2/c13-7-1-3-10(9(14)5-7)16-12(17)11-4-2-8(6-15)18-11/h1,3,5,8,11H,2,4,6,15H2,(H,16,17). The van der Waals surface area contributed by atoms with Crippen LogP contribution in [0.5, 0.6) is 0 Å². The van der Waals surface area contributed by atoms with Gasteiger partial charge in [0.25, 0.3) is 5.91 Å². The van der Waals surface area contributed by atoms with Gasteiger partial charge in [-0.1, -0.05) is 15.9 Å². The van der Waals surface area contributed by atoms with E-state index in [4.69, 9.17) is 10.5 Å². The van der Waals surface area contributed by atoms with Crippen LogP contribution in [0.15, 0.2) is 27.1 Å². The van der Waals surface area contributed by atoms with Gasteiger partial charge in [0, 0.05) is 15.5 Å². The zero-order valence-electron chi connectivity index (χ0n) is 9.66. The molecule has 18 heavy (non-hydrogen) atoms. The molecule has 2 rings (SSSR count). The molecule has 1 amide bonds. The van der Waals surface area contributed by atoms with Crippen LogP contribution in [0, 0.1) is 0 Å². The molecule has 1 fully saturated rings. The number of rotatable bonds is 3. The lowest BCUT2D eigenvalue weighted by Gasteiger charge is -2.13. The second kappa shape index (κ2) is 6.14. The van der Waals surface area contributed by atoms with E-state index in [1.165, 1.54) is 0 Å². The van der Waals surface area contributed by atoms with Crippen LogP contribution in [0.3, 0.4) is 0 Å². The number of nitrogens with one attached hydrogen (secondary N) is 1. The number of carbonyl (C=O) groups excluding carboxylic acids is 1.